The van der Waals surface area contributed by atoms with Crippen LogP contribution in [0.15, 0.2) is 48.1 Å². The monoisotopic (exact) mass is 410 g/mol. The second-order valence-electron chi connectivity index (χ2n) is 8.29. The van der Waals surface area contributed by atoms with Crippen molar-refractivity contribution in [2.24, 2.45) is 10.6 Å². The van der Waals surface area contributed by atoms with Crippen molar-refractivity contribution in [3.8, 4) is 0 Å². The summed E-state index contributed by atoms with van der Waals surface area (Å²) in [6, 6.07) is 8.22. The zero-order valence-electron chi connectivity index (χ0n) is 17.5. The van der Waals surface area contributed by atoms with Gasteiger partial charge >= 0.3 is 0 Å². The fourth-order valence-electron chi connectivity index (χ4n) is 4.39. The maximum absolute atomic E-state index is 13.2. The van der Waals surface area contributed by atoms with Crippen molar-refractivity contribution in [1.29, 1.82) is 0 Å². The number of nitrogens with one attached hydrogen (secondary N) is 1. The maximum Gasteiger partial charge on any atom is 0.226 e. The Labute approximate surface area is 177 Å². The molecule has 2 aliphatic heterocycles. The quantitative estimate of drug-likeness (QED) is 0.679. The van der Waals surface area contributed by atoms with Crippen molar-refractivity contribution < 1.29 is 14.4 Å². The van der Waals surface area contributed by atoms with Crippen molar-refractivity contribution in [2.75, 3.05) is 19.8 Å². The van der Waals surface area contributed by atoms with Crippen molar-refractivity contribution in [3.63, 3.8) is 0 Å². The Bertz CT molecular complexity index is 872. The van der Waals surface area contributed by atoms with Gasteiger partial charge in [0.2, 0.25) is 5.91 Å². The lowest BCUT2D eigenvalue weighted by atomic mass is 9.74. The van der Waals surface area contributed by atoms with Crippen LogP contribution in [0.5, 0.6) is 0 Å². The summed E-state index contributed by atoms with van der Waals surface area (Å²) in [6.07, 6.45) is 9.15. The molecule has 1 aromatic heterocycles. The summed E-state index contributed by atoms with van der Waals surface area (Å²) in [4.78, 5) is 23.0. The standard InChI is InChI=1S/C23H30N4O3/c1-18-5-2-3-6-20(18)21-15-19(30-26-21)16-23(7-13-29-14-8-23)22(28)25-9-4-11-27-12-10-24-17-27/h2-3,5-6,10,12,17,19H,4,7-9,11,13-16H2,1H3,(H,25,28)/t19-/m0/s1. The molecule has 0 aliphatic carbocycles. The van der Waals surface area contributed by atoms with Crippen molar-refractivity contribution >= 4 is 11.6 Å². The van der Waals surface area contributed by atoms with E-state index in [9.17, 15) is 4.79 Å². The van der Waals surface area contributed by atoms with E-state index in [1.165, 1.54) is 5.56 Å². The van der Waals surface area contributed by atoms with Crippen LogP contribution in [0.4, 0.5) is 0 Å². The molecule has 1 amide bonds. The van der Waals surface area contributed by atoms with Crippen LogP contribution in [-0.4, -0.2) is 47.0 Å². The van der Waals surface area contributed by atoms with Crippen molar-refractivity contribution in [2.45, 2.75) is 51.7 Å². The fourth-order valence-corrected chi connectivity index (χ4v) is 4.39. The Morgan fingerprint density at radius 1 is 1.30 bits per heavy atom. The molecule has 1 fully saturated rings. The molecule has 1 saturated heterocycles. The molecular formula is C23H30N4O3. The van der Waals surface area contributed by atoms with E-state index in [-0.39, 0.29) is 12.0 Å². The minimum absolute atomic E-state index is 0.0746. The largest absolute Gasteiger partial charge is 0.392 e. The van der Waals surface area contributed by atoms with Crippen LogP contribution >= 0.6 is 0 Å². The van der Waals surface area contributed by atoms with Gasteiger partial charge in [-0.15, -0.1) is 0 Å². The number of benzene rings is 1. The van der Waals surface area contributed by atoms with Crippen LogP contribution in [0.3, 0.4) is 0 Å². The van der Waals surface area contributed by atoms with Crippen LogP contribution in [0, 0.1) is 12.3 Å². The van der Waals surface area contributed by atoms with Crippen LogP contribution in [0.25, 0.3) is 0 Å². The van der Waals surface area contributed by atoms with Gasteiger partial charge in [0.05, 0.1) is 17.5 Å². The van der Waals surface area contributed by atoms with Gasteiger partial charge in [-0.1, -0.05) is 29.4 Å². The number of amides is 1. The SMILES string of the molecule is Cc1ccccc1C1=NO[C@H](CC2(C(=O)NCCCn3ccnc3)CCOCC2)C1. The van der Waals surface area contributed by atoms with E-state index in [1.807, 2.05) is 22.9 Å². The highest BCUT2D eigenvalue weighted by molar-refractivity contribution is 6.02. The normalized spacial score (nSPS) is 20.4. The smallest absolute Gasteiger partial charge is 0.226 e. The Morgan fingerprint density at radius 3 is 2.90 bits per heavy atom. The highest BCUT2D eigenvalue weighted by atomic mass is 16.6. The van der Waals surface area contributed by atoms with E-state index in [2.05, 4.69) is 34.5 Å². The average molecular weight is 411 g/mol. The molecule has 0 spiro atoms. The molecule has 2 aromatic rings. The van der Waals surface area contributed by atoms with Crippen LogP contribution in [0.2, 0.25) is 0 Å². The molecule has 0 saturated carbocycles. The Hall–Kier alpha value is -2.67. The van der Waals surface area contributed by atoms with E-state index in [4.69, 9.17) is 9.57 Å². The van der Waals surface area contributed by atoms with Crippen molar-refractivity contribution in [3.05, 3.63) is 54.1 Å². The Kier molecular flexibility index (Phi) is 6.47. The molecule has 30 heavy (non-hydrogen) atoms. The van der Waals surface area contributed by atoms with Crippen LogP contribution in [-0.2, 0) is 20.9 Å². The third-order valence-corrected chi connectivity index (χ3v) is 6.18. The van der Waals surface area contributed by atoms with E-state index in [0.717, 1.165) is 43.5 Å². The zero-order chi connectivity index (χ0) is 20.8. The Morgan fingerprint density at radius 2 is 2.13 bits per heavy atom. The third kappa shape index (κ3) is 4.73. The number of oxime groups is 1. The number of hydrogen-bond acceptors (Lipinski definition) is 5. The summed E-state index contributed by atoms with van der Waals surface area (Å²) in [5.74, 6) is 0.115. The minimum Gasteiger partial charge on any atom is -0.392 e. The molecule has 0 unspecified atom stereocenters. The fraction of sp³-hybridized carbons (Fsp3) is 0.522. The van der Waals surface area contributed by atoms with Gasteiger partial charge in [-0.05, 0) is 31.7 Å². The Balaban J connectivity index is 1.34. The summed E-state index contributed by atoms with van der Waals surface area (Å²) in [7, 11) is 0. The first-order chi connectivity index (χ1) is 14.7. The minimum atomic E-state index is -0.450. The summed E-state index contributed by atoms with van der Waals surface area (Å²) >= 11 is 0. The molecule has 7 nitrogen and oxygen atoms in total. The topological polar surface area (TPSA) is 77.7 Å². The maximum atomic E-state index is 13.2. The van der Waals surface area contributed by atoms with Gasteiger partial charge in [-0.2, -0.15) is 0 Å². The van der Waals surface area contributed by atoms with Gasteiger partial charge < -0.3 is 19.5 Å². The van der Waals surface area contributed by atoms with E-state index in [0.29, 0.717) is 26.2 Å². The number of carbonyl (C=O) groups excluding carboxylic acids is 1. The molecular weight excluding hydrogens is 380 g/mol. The summed E-state index contributed by atoms with van der Waals surface area (Å²) < 4.78 is 7.58. The molecule has 0 radical (unpaired) electrons. The number of aryl methyl sites for hydroxylation is 2. The first kappa shape index (κ1) is 20.6. The predicted octanol–water partition coefficient (Wildman–Crippen LogP) is 3.08. The van der Waals surface area contributed by atoms with Gasteiger partial charge in [-0.25, -0.2) is 4.98 Å². The van der Waals surface area contributed by atoms with Crippen LogP contribution in [0.1, 0.15) is 43.2 Å². The molecule has 1 N–H and O–H groups in total. The van der Waals surface area contributed by atoms with Gasteiger partial charge in [0.15, 0.2) is 0 Å². The number of aromatic nitrogens is 2. The second kappa shape index (κ2) is 9.43. The third-order valence-electron chi connectivity index (χ3n) is 6.18. The number of rotatable bonds is 8. The molecule has 1 aromatic carbocycles. The number of nitrogens with zero attached hydrogens (tertiary/aromatic N) is 3. The lowest BCUT2D eigenvalue weighted by molar-refractivity contribution is -0.140. The molecule has 3 heterocycles. The van der Waals surface area contributed by atoms with Crippen molar-refractivity contribution in [1.82, 2.24) is 14.9 Å². The number of imidazole rings is 1. The summed E-state index contributed by atoms with van der Waals surface area (Å²) in [5.41, 5.74) is 2.84. The van der Waals surface area contributed by atoms with E-state index >= 15 is 0 Å². The van der Waals surface area contributed by atoms with E-state index in [1.54, 1.807) is 12.5 Å². The molecule has 4 rings (SSSR count). The first-order valence-corrected chi connectivity index (χ1v) is 10.8. The highest BCUT2D eigenvalue weighted by Gasteiger charge is 2.43. The number of ether oxygens (including phenoxy) is 1. The molecule has 0 bridgehead atoms. The second-order valence-corrected chi connectivity index (χ2v) is 8.29. The van der Waals surface area contributed by atoms with E-state index < -0.39 is 5.41 Å². The highest BCUT2D eigenvalue weighted by Crippen LogP contribution is 2.38. The lowest BCUT2D eigenvalue weighted by Gasteiger charge is -2.37. The van der Waals surface area contributed by atoms with Gasteiger partial charge in [0.1, 0.15) is 6.10 Å². The molecule has 160 valence electrons. The van der Waals surface area contributed by atoms with Gasteiger partial charge in [-0.3, -0.25) is 4.79 Å². The van der Waals surface area contributed by atoms with Gasteiger partial charge in [0.25, 0.3) is 0 Å². The lowest BCUT2D eigenvalue weighted by Crippen LogP contribution is -2.47. The zero-order valence-corrected chi connectivity index (χ0v) is 17.5. The first-order valence-electron chi connectivity index (χ1n) is 10.8. The summed E-state index contributed by atoms with van der Waals surface area (Å²) in [5, 5.41) is 7.51. The number of hydrogen-bond donors (Lipinski definition) is 1. The predicted molar refractivity (Wildman–Crippen MR) is 114 cm³/mol. The number of carbonyl (C=O) groups is 1. The van der Waals surface area contributed by atoms with Crippen LogP contribution < -0.4 is 5.32 Å². The molecule has 1 atom stereocenters. The summed E-state index contributed by atoms with van der Waals surface area (Å²) in [6.45, 7) is 4.80. The van der Waals surface area contributed by atoms with Gasteiger partial charge in [0, 0.05) is 57.1 Å². The molecule has 7 heteroatoms. The molecule has 2 aliphatic rings. The average Bonchev–Trinajstić information content (AvgIpc) is 3.44.